The van der Waals surface area contributed by atoms with Crippen LogP contribution in [-0.2, 0) is 11.8 Å². The molecule has 1 aliphatic rings. The molecule has 0 aliphatic carbocycles. The van der Waals surface area contributed by atoms with Crippen LogP contribution < -0.4 is 15.8 Å². The monoisotopic (exact) mass is 496 g/mol. The van der Waals surface area contributed by atoms with Crippen LogP contribution in [-0.4, -0.2) is 52.0 Å². The zero-order valence-corrected chi connectivity index (χ0v) is 21.0. The van der Waals surface area contributed by atoms with Gasteiger partial charge in [-0.25, -0.2) is 14.6 Å². The molecule has 0 radical (unpaired) electrons. The molecule has 1 aromatic carbocycles. The number of carbonyl (C=O) groups is 1. The lowest BCUT2D eigenvalue weighted by Gasteiger charge is -2.25. The largest absolute Gasteiger partial charge is 0.378 e. The number of benzene rings is 1. The van der Waals surface area contributed by atoms with Gasteiger partial charge in [0.25, 0.3) is 11.5 Å². The van der Waals surface area contributed by atoms with Crippen LogP contribution in [0.25, 0.3) is 20.8 Å². The first-order chi connectivity index (χ1) is 16.3. The van der Waals surface area contributed by atoms with E-state index in [0.717, 1.165) is 39.7 Å². The van der Waals surface area contributed by atoms with Crippen molar-refractivity contribution in [3.05, 3.63) is 50.4 Å². The van der Waals surface area contributed by atoms with E-state index in [9.17, 15) is 9.59 Å². The lowest BCUT2D eigenvalue weighted by molar-refractivity contribution is 0.103. The molecule has 176 valence electrons. The number of hydrogen-bond acceptors (Lipinski definition) is 9. The van der Waals surface area contributed by atoms with Gasteiger partial charge < -0.3 is 15.0 Å². The predicted molar refractivity (Wildman–Crippen MR) is 135 cm³/mol. The lowest BCUT2D eigenvalue weighted by atomic mass is 10.1. The van der Waals surface area contributed by atoms with Crippen LogP contribution in [0.15, 0.2) is 23.0 Å². The molecule has 11 heteroatoms. The van der Waals surface area contributed by atoms with Crippen LogP contribution in [0.2, 0.25) is 0 Å². The molecule has 4 heterocycles. The Hall–Kier alpha value is -3.15. The number of rotatable bonds is 4. The number of nitrogens with zero attached hydrogens (tertiary/aromatic N) is 5. The molecule has 9 nitrogen and oxygen atoms in total. The number of hydrogen-bond donors (Lipinski definition) is 1. The molecule has 1 fully saturated rings. The SMILES string of the molecule is Cc1nc(-c2c(C)c(C)nn(C)c2=O)sc1C(=O)Nc1ccc2nc(N3CCOCC3)sc2c1. The van der Waals surface area contributed by atoms with Gasteiger partial charge >= 0.3 is 0 Å². The number of anilines is 2. The van der Waals surface area contributed by atoms with E-state index in [0.29, 0.717) is 40.0 Å². The zero-order valence-electron chi connectivity index (χ0n) is 19.3. The number of fused-ring (bicyclic) bond motifs is 1. The van der Waals surface area contributed by atoms with Crippen LogP contribution in [0, 0.1) is 20.8 Å². The number of nitrogens with one attached hydrogen (secondary N) is 1. The summed E-state index contributed by atoms with van der Waals surface area (Å²) < 4.78 is 7.74. The molecule has 0 atom stereocenters. The summed E-state index contributed by atoms with van der Waals surface area (Å²) in [4.78, 5) is 37.8. The van der Waals surface area contributed by atoms with Crippen LogP contribution in [0.4, 0.5) is 10.8 Å². The Kier molecular flexibility index (Phi) is 5.92. The van der Waals surface area contributed by atoms with E-state index in [1.54, 1.807) is 25.3 Å². The highest BCUT2D eigenvalue weighted by molar-refractivity contribution is 7.22. The summed E-state index contributed by atoms with van der Waals surface area (Å²) in [5, 5.41) is 8.70. The van der Waals surface area contributed by atoms with E-state index in [4.69, 9.17) is 9.72 Å². The van der Waals surface area contributed by atoms with Gasteiger partial charge in [0.2, 0.25) is 0 Å². The molecule has 0 unspecified atom stereocenters. The summed E-state index contributed by atoms with van der Waals surface area (Å²) in [5.74, 6) is -0.251. The first-order valence-corrected chi connectivity index (χ1v) is 12.5. The Bertz CT molecular complexity index is 1470. The maximum atomic E-state index is 13.1. The fraction of sp³-hybridized carbons (Fsp3) is 0.348. The summed E-state index contributed by atoms with van der Waals surface area (Å²) in [7, 11) is 1.62. The molecule has 1 amide bonds. The Morgan fingerprint density at radius 1 is 1.09 bits per heavy atom. The summed E-state index contributed by atoms with van der Waals surface area (Å²) in [5.41, 5.74) is 3.97. The van der Waals surface area contributed by atoms with Crippen molar-refractivity contribution in [2.24, 2.45) is 7.05 Å². The summed E-state index contributed by atoms with van der Waals surface area (Å²) in [6.07, 6.45) is 0. The Balaban J connectivity index is 1.41. The van der Waals surface area contributed by atoms with Gasteiger partial charge in [0, 0.05) is 25.8 Å². The Morgan fingerprint density at radius 2 is 1.85 bits per heavy atom. The fourth-order valence-corrected chi connectivity index (χ4v) is 5.99. The minimum Gasteiger partial charge on any atom is -0.378 e. The number of ether oxygens (including phenoxy) is 1. The van der Waals surface area contributed by atoms with E-state index in [1.807, 2.05) is 32.0 Å². The van der Waals surface area contributed by atoms with Gasteiger partial charge in [-0.05, 0) is 44.5 Å². The molecule has 4 aromatic rings. The quantitative estimate of drug-likeness (QED) is 0.461. The zero-order chi connectivity index (χ0) is 24.0. The van der Waals surface area contributed by atoms with Crippen LogP contribution in [0.1, 0.15) is 26.6 Å². The van der Waals surface area contributed by atoms with Crippen molar-refractivity contribution in [1.29, 1.82) is 0 Å². The van der Waals surface area contributed by atoms with Crippen molar-refractivity contribution in [3.63, 3.8) is 0 Å². The lowest BCUT2D eigenvalue weighted by Crippen LogP contribution is -2.36. The maximum absolute atomic E-state index is 13.1. The van der Waals surface area contributed by atoms with Crippen LogP contribution >= 0.6 is 22.7 Å². The van der Waals surface area contributed by atoms with E-state index < -0.39 is 0 Å². The van der Waals surface area contributed by atoms with E-state index in [-0.39, 0.29) is 11.5 Å². The third-order valence-electron chi connectivity index (χ3n) is 5.86. The second-order valence-corrected chi connectivity index (χ2v) is 10.2. The number of thiazole rings is 2. The molecule has 1 saturated heterocycles. The second-order valence-electron chi connectivity index (χ2n) is 8.18. The summed E-state index contributed by atoms with van der Waals surface area (Å²) >= 11 is 2.83. The minimum absolute atomic E-state index is 0.226. The number of aryl methyl sites for hydroxylation is 3. The third kappa shape index (κ3) is 4.10. The topological polar surface area (TPSA) is 102 Å². The van der Waals surface area contributed by atoms with Gasteiger partial charge in [0.15, 0.2) is 5.13 Å². The highest BCUT2D eigenvalue weighted by Gasteiger charge is 2.22. The molecule has 0 bridgehead atoms. The van der Waals surface area contributed by atoms with Crippen molar-refractivity contribution >= 4 is 49.6 Å². The average Bonchev–Trinajstić information content (AvgIpc) is 3.42. The molecule has 5 rings (SSSR count). The number of carbonyl (C=O) groups excluding carboxylic acids is 1. The molecule has 1 aliphatic heterocycles. The number of amides is 1. The second kappa shape index (κ2) is 8.90. The van der Waals surface area contributed by atoms with Crippen LogP contribution in [0.3, 0.4) is 0 Å². The standard InChI is InChI=1S/C23H24N6O3S2/c1-12-13(2)27-28(4)22(31)18(12)21-24-14(3)19(34-21)20(30)25-15-5-6-16-17(11-15)33-23(26-16)29-7-9-32-10-8-29/h5-6,11H,7-10H2,1-4H3,(H,25,30). The van der Waals surface area contributed by atoms with E-state index >= 15 is 0 Å². The number of morpholine rings is 1. The highest BCUT2D eigenvalue weighted by atomic mass is 32.1. The van der Waals surface area contributed by atoms with Crippen molar-refractivity contribution < 1.29 is 9.53 Å². The normalized spacial score (nSPS) is 14.1. The Labute approximate surface area is 204 Å². The smallest absolute Gasteiger partial charge is 0.277 e. The van der Waals surface area contributed by atoms with Gasteiger partial charge in [-0.15, -0.1) is 11.3 Å². The van der Waals surface area contributed by atoms with E-state index in [2.05, 4.69) is 20.3 Å². The number of aromatic nitrogens is 4. The maximum Gasteiger partial charge on any atom is 0.277 e. The van der Waals surface area contributed by atoms with Gasteiger partial charge in [-0.1, -0.05) is 11.3 Å². The summed E-state index contributed by atoms with van der Waals surface area (Å²) in [6.45, 7) is 8.56. The van der Waals surface area contributed by atoms with Crippen molar-refractivity contribution in [2.75, 3.05) is 36.5 Å². The fourth-order valence-electron chi connectivity index (χ4n) is 3.88. The molecule has 34 heavy (non-hydrogen) atoms. The molecule has 0 spiro atoms. The molecule has 1 N–H and O–H groups in total. The van der Waals surface area contributed by atoms with Gasteiger partial charge in [0.05, 0.1) is 40.4 Å². The third-order valence-corrected chi connectivity index (χ3v) is 8.11. The minimum atomic E-state index is -0.251. The van der Waals surface area contributed by atoms with Gasteiger partial charge in [0.1, 0.15) is 9.88 Å². The Morgan fingerprint density at radius 3 is 2.62 bits per heavy atom. The predicted octanol–water partition coefficient (Wildman–Crippen LogP) is 3.53. The van der Waals surface area contributed by atoms with Crippen molar-refractivity contribution in [3.8, 4) is 10.6 Å². The first-order valence-electron chi connectivity index (χ1n) is 10.9. The highest BCUT2D eigenvalue weighted by Crippen LogP contribution is 2.32. The van der Waals surface area contributed by atoms with Gasteiger partial charge in [-0.2, -0.15) is 5.10 Å². The van der Waals surface area contributed by atoms with Crippen molar-refractivity contribution in [2.45, 2.75) is 20.8 Å². The molecular formula is C23H24N6O3S2. The molecule has 0 saturated carbocycles. The first kappa shape index (κ1) is 22.6. The summed E-state index contributed by atoms with van der Waals surface area (Å²) in [6, 6.07) is 5.72. The molecular weight excluding hydrogens is 472 g/mol. The average molecular weight is 497 g/mol. The van der Waals surface area contributed by atoms with E-state index in [1.165, 1.54) is 16.0 Å². The van der Waals surface area contributed by atoms with Crippen LogP contribution in [0.5, 0.6) is 0 Å². The molecule has 3 aromatic heterocycles. The van der Waals surface area contributed by atoms with Crippen molar-refractivity contribution in [1.82, 2.24) is 19.7 Å². The van der Waals surface area contributed by atoms with Gasteiger partial charge in [-0.3, -0.25) is 9.59 Å².